The minimum atomic E-state index is -4.38. The summed E-state index contributed by atoms with van der Waals surface area (Å²) in [6.07, 6.45) is 0.896. The fourth-order valence-electron chi connectivity index (χ4n) is 4.88. The predicted molar refractivity (Wildman–Crippen MR) is 126 cm³/mol. The van der Waals surface area contributed by atoms with E-state index in [2.05, 4.69) is 20.2 Å². The number of imidazole rings is 1. The summed E-state index contributed by atoms with van der Waals surface area (Å²) in [6.45, 7) is 2.56. The Bertz CT molecular complexity index is 1340. The van der Waals surface area contributed by atoms with Crippen molar-refractivity contribution in [1.29, 1.82) is 0 Å². The van der Waals surface area contributed by atoms with E-state index in [4.69, 9.17) is 0 Å². The number of H-pyrrole nitrogens is 2. The fourth-order valence-corrected chi connectivity index (χ4v) is 4.88. The van der Waals surface area contributed by atoms with Crippen LogP contribution in [0.15, 0.2) is 48.7 Å². The highest BCUT2D eigenvalue weighted by atomic mass is 19.4. The average molecular weight is 482 g/mol. The molecule has 0 radical (unpaired) electrons. The maximum Gasteiger partial charge on any atom is 0.416 e. The van der Waals surface area contributed by atoms with Gasteiger partial charge in [0.1, 0.15) is 5.82 Å². The van der Waals surface area contributed by atoms with Crippen LogP contribution in [0.4, 0.5) is 13.2 Å². The van der Waals surface area contributed by atoms with Gasteiger partial charge in [0, 0.05) is 18.5 Å². The highest BCUT2D eigenvalue weighted by molar-refractivity contribution is 5.79. The molecule has 3 heterocycles. The van der Waals surface area contributed by atoms with Gasteiger partial charge in [-0.2, -0.15) is 18.3 Å². The number of hydrogen-bond donors (Lipinski definition) is 2. The van der Waals surface area contributed by atoms with Gasteiger partial charge < -0.3 is 9.88 Å². The second kappa shape index (κ2) is 9.20. The number of carbonyl (C=O) groups is 1. The molecule has 1 aliphatic rings. The molecule has 0 saturated carbocycles. The molecule has 1 fully saturated rings. The monoisotopic (exact) mass is 481 g/mol. The summed E-state index contributed by atoms with van der Waals surface area (Å²) >= 11 is 0. The van der Waals surface area contributed by atoms with Crippen molar-refractivity contribution in [2.24, 2.45) is 0 Å². The van der Waals surface area contributed by atoms with Crippen LogP contribution in [0.25, 0.3) is 22.2 Å². The van der Waals surface area contributed by atoms with Gasteiger partial charge in [-0.3, -0.25) is 9.89 Å². The molecule has 2 N–H and O–H groups in total. The molecule has 0 unspecified atom stereocenters. The van der Waals surface area contributed by atoms with Gasteiger partial charge in [-0.05, 0) is 68.0 Å². The van der Waals surface area contributed by atoms with Crippen molar-refractivity contribution in [3.8, 4) is 11.1 Å². The van der Waals surface area contributed by atoms with Crippen LogP contribution >= 0.6 is 0 Å². The lowest BCUT2D eigenvalue weighted by atomic mass is 9.93. The maximum atomic E-state index is 13.3. The summed E-state index contributed by atoms with van der Waals surface area (Å²) in [5, 5.41) is 7.19. The van der Waals surface area contributed by atoms with Gasteiger partial charge in [0.15, 0.2) is 0 Å². The summed E-state index contributed by atoms with van der Waals surface area (Å²) in [5.74, 6) is 0.913. The molecular weight excluding hydrogens is 455 g/mol. The third-order valence-corrected chi connectivity index (χ3v) is 6.64. The van der Waals surface area contributed by atoms with Crippen molar-refractivity contribution in [3.05, 3.63) is 71.3 Å². The van der Waals surface area contributed by atoms with Crippen molar-refractivity contribution in [1.82, 2.24) is 25.1 Å². The number of amides is 1. The second-order valence-electron chi connectivity index (χ2n) is 9.04. The molecule has 0 aliphatic carbocycles. The number of rotatable bonds is 5. The third-order valence-electron chi connectivity index (χ3n) is 6.64. The smallest absolute Gasteiger partial charge is 0.342 e. The zero-order valence-electron chi connectivity index (χ0n) is 19.3. The molecule has 0 spiro atoms. The van der Waals surface area contributed by atoms with E-state index in [9.17, 15) is 18.0 Å². The van der Waals surface area contributed by atoms with E-state index in [1.165, 1.54) is 12.1 Å². The lowest BCUT2D eigenvalue weighted by molar-refractivity contribution is -0.137. The molecule has 0 bridgehead atoms. The Morgan fingerprint density at radius 2 is 1.94 bits per heavy atom. The molecule has 1 saturated heterocycles. The van der Waals surface area contributed by atoms with Gasteiger partial charge in [-0.1, -0.05) is 18.2 Å². The van der Waals surface area contributed by atoms with Gasteiger partial charge >= 0.3 is 6.18 Å². The van der Waals surface area contributed by atoms with Gasteiger partial charge in [0.2, 0.25) is 5.91 Å². The lowest BCUT2D eigenvalue weighted by Gasteiger charge is -2.36. The van der Waals surface area contributed by atoms with Crippen LogP contribution in [0, 0.1) is 6.92 Å². The first kappa shape index (κ1) is 23.1. The minimum Gasteiger partial charge on any atom is -0.342 e. The SMILES string of the molecule is Cc1nc2ccc(CCC(=O)N3CCCC[C@H]3c3[nH]ncc3-c3ccc(C(F)(F)F)cc3)cc2[nH]1. The first-order chi connectivity index (χ1) is 16.8. The van der Waals surface area contributed by atoms with Crippen molar-refractivity contribution in [2.75, 3.05) is 6.54 Å². The van der Waals surface area contributed by atoms with Gasteiger partial charge in [0.05, 0.1) is 34.5 Å². The summed E-state index contributed by atoms with van der Waals surface area (Å²) in [6, 6.07) is 10.9. The van der Waals surface area contributed by atoms with E-state index in [0.29, 0.717) is 24.9 Å². The molecule has 5 rings (SSSR count). The van der Waals surface area contributed by atoms with Gasteiger partial charge in [-0.25, -0.2) is 4.98 Å². The van der Waals surface area contributed by atoms with Crippen molar-refractivity contribution in [2.45, 2.75) is 51.2 Å². The lowest BCUT2D eigenvalue weighted by Crippen LogP contribution is -2.39. The highest BCUT2D eigenvalue weighted by Gasteiger charge is 2.32. The number of aromatic amines is 2. The van der Waals surface area contributed by atoms with E-state index < -0.39 is 11.7 Å². The van der Waals surface area contributed by atoms with Crippen LogP contribution in [-0.2, 0) is 17.4 Å². The Morgan fingerprint density at radius 1 is 1.14 bits per heavy atom. The Morgan fingerprint density at radius 3 is 2.71 bits per heavy atom. The van der Waals surface area contributed by atoms with E-state index in [1.807, 2.05) is 30.0 Å². The number of halogens is 3. The molecule has 9 heteroatoms. The van der Waals surface area contributed by atoms with Crippen LogP contribution < -0.4 is 0 Å². The molecule has 4 aromatic rings. The fraction of sp³-hybridized carbons (Fsp3) is 0.346. The van der Waals surface area contributed by atoms with E-state index in [-0.39, 0.29) is 11.9 Å². The maximum absolute atomic E-state index is 13.3. The number of fused-ring (bicyclic) bond motifs is 1. The van der Waals surface area contributed by atoms with E-state index in [0.717, 1.165) is 65.1 Å². The molecule has 35 heavy (non-hydrogen) atoms. The Kier molecular flexibility index (Phi) is 6.08. The van der Waals surface area contributed by atoms with E-state index in [1.54, 1.807) is 6.20 Å². The quantitative estimate of drug-likeness (QED) is 0.369. The predicted octanol–water partition coefficient (Wildman–Crippen LogP) is 5.97. The zero-order valence-corrected chi connectivity index (χ0v) is 19.3. The third kappa shape index (κ3) is 4.80. The number of aryl methyl sites for hydroxylation is 2. The number of nitrogens with one attached hydrogen (secondary N) is 2. The first-order valence-electron chi connectivity index (χ1n) is 11.8. The minimum absolute atomic E-state index is 0.0588. The summed E-state index contributed by atoms with van der Waals surface area (Å²) < 4.78 is 38.9. The second-order valence-corrected chi connectivity index (χ2v) is 9.04. The number of piperidine rings is 1. The summed E-state index contributed by atoms with van der Waals surface area (Å²) in [4.78, 5) is 22.8. The Balaban J connectivity index is 1.33. The van der Waals surface area contributed by atoms with Gasteiger partial charge in [-0.15, -0.1) is 0 Å². The van der Waals surface area contributed by atoms with Crippen LogP contribution in [0.5, 0.6) is 0 Å². The molecule has 1 atom stereocenters. The molecular formula is C26H26F3N5O. The zero-order chi connectivity index (χ0) is 24.6. The van der Waals surface area contributed by atoms with Crippen LogP contribution in [-0.4, -0.2) is 37.5 Å². The van der Waals surface area contributed by atoms with Crippen molar-refractivity contribution in [3.63, 3.8) is 0 Å². The number of hydrogen-bond acceptors (Lipinski definition) is 3. The number of likely N-dealkylation sites (tertiary alicyclic amines) is 1. The molecule has 1 amide bonds. The number of benzene rings is 2. The Hall–Kier alpha value is -3.62. The molecule has 2 aromatic carbocycles. The molecule has 1 aliphatic heterocycles. The summed E-state index contributed by atoms with van der Waals surface area (Å²) in [5.41, 5.74) is 4.38. The summed E-state index contributed by atoms with van der Waals surface area (Å²) in [7, 11) is 0. The van der Waals surface area contributed by atoms with Crippen molar-refractivity contribution >= 4 is 16.9 Å². The van der Waals surface area contributed by atoms with Crippen LogP contribution in [0.3, 0.4) is 0 Å². The largest absolute Gasteiger partial charge is 0.416 e. The normalized spacial score (nSPS) is 16.7. The standard InChI is InChI=1S/C26H26F3N5O/c1-16-31-21-11-5-17(14-22(21)32-16)6-12-24(35)34-13-3-2-4-23(34)25-20(15-30-33-25)18-7-9-19(10-8-18)26(27,28)29/h5,7-11,14-15,23H,2-4,6,12-13H2,1H3,(H,30,33)(H,31,32)/t23-/m0/s1. The number of nitrogens with zero attached hydrogens (tertiary/aromatic N) is 3. The number of aromatic nitrogens is 4. The molecule has 6 nitrogen and oxygen atoms in total. The number of carbonyl (C=O) groups excluding carboxylic acids is 1. The van der Waals surface area contributed by atoms with Crippen molar-refractivity contribution < 1.29 is 18.0 Å². The van der Waals surface area contributed by atoms with E-state index >= 15 is 0 Å². The topological polar surface area (TPSA) is 77.7 Å². The van der Waals surface area contributed by atoms with Crippen LogP contribution in [0.2, 0.25) is 0 Å². The molecule has 2 aromatic heterocycles. The number of alkyl halides is 3. The van der Waals surface area contributed by atoms with Crippen LogP contribution in [0.1, 0.15) is 54.4 Å². The molecule has 182 valence electrons. The van der Waals surface area contributed by atoms with Gasteiger partial charge in [0.25, 0.3) is 0 Å². The average Bonchev–Trinajstić information content (AvgIpc) is 3.47. The Labute approximate surface area is 200 Å². The first-order valence-corrected chi connectivity index (χ1v) is 11.8. The highest BCUT2D eigenvalue weighted by Crippen LogP contribution is 2.37.